The number of nitrogens with one attached hydrogen (secondary N) is 1. The van der Waals surface area contributed by atoms with Gasteiger partial charge in [-0.05, 0) is 114 Å². The van der Waals surface area contributed by atoms with Gasteiger partial charge in [0, 0.05) is 6.42 Å². The Morgan fingerprint density at radius 1 is 0.430 bits per heavy atom. The number of anilines is 1. The first-order valence-electron chi connectivity index (χ1n) is 34.1. The van der Waals surface area contributed by atoms with Gasteiger partial charge in [-0.3, -0.25) is 0 Å². The van der Waals surface area contributed by atoms with Crippen molar-refractivity contribution in [1.82, 2.24) is 14.6 Å². The van der Waals surface area contributed by atoms with Crippen LogP contribution in [0.5, 0.6) is 17.2 Å². The quantitative estimate of drug-likeness (QED) is 0.0439. The summed E-state index contributed by atoms with van der Waals surface area (Å²) in [6, 6.07) is 114. The largest absolute Gasteiger partial charge is 0.497 e. The van der Waals surface area contributed by atoms with Crippen molar-refractivity contribution in [2.45, 2.75) is 66.8 Å². The molecule has 3 heterocycles. The zero-order valence-electron chi connectivity index (χ0n) is 57.2. The van der Waals surface area contributed by atoms with Gasteiger partial charge >= 0.3 is 0 Å². The predicted molar refractivity (Wildman–Crippen MR) is 399 cm³/mol. The molecule has 0 bridgehead atoms. The second kappa shape index (κ2) is 28.6. The summed E-state index contributed by atoms with van der Waals surface area (Å²) < 4.78 is 53.2. The van der Waals surface area contributed by atoms with E-state index in [1.54, 1.807) is 27.7 Å². The molecule has 2 aromatic heterocycles. The molecule has 1 N–H and O–H groups in total. The van der Waals surface area contributed by atoms with Gasteiger partial charge in [0.05, 0.1) is 46.3 Å². The predicted octanol–water partition coefficient (Wildman–Crippen LogP) is 17.3. The third kappa shape index (κ3) is 12.3. The van der Waals surface area contributed by atoms with Crippen LogP contribution in [0.25, 0.3) is 5.52 Å². The summed E-state index contributed by atoms with van der Waals surface area (Å²) in [4.78, 5) is 5.15. The topological polar surface area (TPSA) is 107 Å². The number of benzene rings is 11. The lowest BCUT2D eigenvalue weighted by molar-refractivity contribution is -0.192. The van der Waals surface area contributed by atoms with Crippen molar-refractivity contribution in [3.05, 3.63) is 390 Å². The smallest absolute Gasteiger partial charge is 0.261 e. The van der Waals surface area contributed by atoms with Crippen LogP contribution in [-0.4, -0.2) is 69.2 Å². The van der Waals surface area contributed by atoms with Gasteiger partial charge in [0.1, 0.15) is 57.5 Å². The lowest BCUT2D eigenvalue weighted by atomic mass is 9.77. The molecule has 11 nitrogen and oxygen atoms in total. The minimum Gasteiger partial charge on any atom is -0.497 e. The van der Waals surface area contributed by atoms with Crippen LogP contribution < -0.4 is 29.9 Å². The SMILES string of the molecule is COc1ccc(C(Nc2ncnn3c([C@H]4C[C@H](OC(c5ccccc5)(c5ccccc5)c5ccc(OC)cc5)[C@](COC(c5ccccc5)(c5ccccc5)c5ccc(OC)cc5)(CO[Si](c5ccccc5)(c5ccccc5)C(C)(C)C)O4)ccc23)(c2ccccc2)c2ccccc2)cc1. The Morgan fingerprint density at radius 2 is 0.790 bits per heavy atom. The third-order valence-corrected chi connectivity index (χ3v) is 24.9. The van der Waals surface area contributed by atoms with Gasteiger partial charge in [-0.2, -0.15) is 5.10 Å². The highest BCUT2D eigenvalue weighted by atomic mass is 28.4. The van der Waals surface area contributed by atoms with E-state index in [-0.39, 0.29) is 13.2 Å². The first-order valence-corrected chi connectivity index (χ1v) is 36.0. The molecule has 0 amide bonds. The van der Waals surface area contributed by atoms with E-state index in [0.29, 0.717) is 23.7 Å². The summed E-state index contributed by atoms with van der Waals surface area (Å²) in [5.41, 5.74) is 4.90. The standard InChI is InChI=1S/C88H82N4O7Si/c1-84(2,3)100(77-43-27-13-28-44-77,78-45-29-14-30-46-78)97-63-85(62-96-87(68-35-19-9-20-36-68,69-37-21-10-22-38-69)72-49-55-75(94-5)56-50-72)82(99-88(70-39-23-11-24-40-70,71-41-25-12-26-42-71)73-51-57-76(95-6)58-52-73)61-81(98-85)79-59-60-80-83(89-64-90-92(79)80)91-86(65-31-15-7-16-32-65,66-33-17-8-18-34-66)67-47-53-74(93-4)54-48-67/h7-60,64,81-82H,61-63H2,1-6H3,(H,89,90,91)/t81-,82+,85+/m1/s1. The fraction of sp³-hybridized carbons (Fsp3) is 0.182. The maximum Gasteiger partial charge on any atom is 0.261 e. The lowest BCUT2D eigenvalue weighted by Crippen LogP contribution is -2.68. The van der Waals surface area contributed by atoms with Crippen LogP contribution >= 0.6 is 0 Å². The molecule has 1 saturated heterocycles. The zero-order chi connectivity index (χ0) is 68.6. The van der Waals surface area contributed by atoms with Gasteiger partial charge in [-0.15, -0.1) is 0 Å². The number of nitrogens with zero attached hydrogens (tertiary/aromatic N) is 3. The molecule has 1 aliphatic rings. The van der Waals surface area contributed by atoms with E-state index in [1.165, 1.54) is 0 Å². The van der Waals surface area contributed by atoms with Crippen molar-refractivity contribution >= 4 is 30.0 Å². The minimum atomic E-state index is -3.44. The summed E-state index contributed by atoms with van der Waals surface area (Å²) in [6.45, 7) is 6.88. The second-order valence-electron chi connectivity index (χ2n) is 26.5. The molecule has 14 rings (SSSR count). The first kappa shape index (κ1) is 66.5. The lowest BCUT2D eigenvalue weighted by Gasteiger charge is -2.48. The van der Waals surface area contributed by atoms with Crippen LogP contribution in [0.15, 0.2) is 334 Å². The molecule has 0 saturated carbocycles. The van der Waals surface area contributed by atoms with Gasteiger partial charge in [0.25, 0.3) is 8.32 Å². The van der Waals surface area contributed by atoms with Crippen molar-refractivity contribution in [2.24, 2.45) is 0 Å². The number of aromatic nitrogens is 3. The summed E-state index contributed by atoms with van der Waals surface area (Å²) in [6.07, 6.45) is 0.365. The number of rotatable bonds is 25. The molecular formula is C88H82N4O7Si. The highest BCUT2D eigenvalue weighted by Gasteiger charge is 2.59. The van der Waals surface area contributed by atoms with Crippen LogP contribution in [0.4, 0.5) is 5.82 Å². The monoisotopic (exact) mass is 1330 g/mol. The maximum absolute atomic E-state index is 8.62. The van der Waals surface area contributed by atoms with Crippen molar-refractivity contribution in [2.75, 3.05) is 39.9 Å². The Hall–Kier alpha value is -10.7. The highest BCUT2D eigenvalue weighted by molar-refractivity contribution is 6.99. The average Bonchev–Trinajstić information content (AvgIpc) is 1.43. The molecule has 3 atom stereocenters. The molecule has 13 aromatic rings. The van der Waals surface area contributed by atoms with E-state index in [2.05, 4.69) is 281 Å². The zero-order valence-corrected chi connectivity index (χ0v) is 58.2. The second-order valence-corrected chi connectivity index (χ2v) is 30.8. The fourth-order valence-corrected chi connectivity index (χ4v) is 19.7. The molecule has 100 heavy (non-hydrogen) atoms. The summed E-state index contributed by atoms with van der Waals surface area (Å²) >= 11 is 0. The normalized spacial score (nSPS) is 15.9. The molecule has 500 valence electrons. The maximum atomic E-state index is 8.62. The highest BCUT2D eigenvalue weighted by Crippen LogP contribution is 2.53. The van der Waals surface area contributed by atoms with E-state index in [0.717, 1.165) is 77.4 Å². The van der Waals surface area contributed by atoms with Gasteiger partial charge in [-0.1, -0.05) is 300 Å². The molecule has 11 aromatic carbocycles. The average molecular weight is 1340 g/mol. The molecule has 0 unspecified atom stereocenters. The molecule has 12 heteroatoms. The van der Waals surface area contributed by atoms with E-state index >= 15 is 0 Å². The number of hydrogen-bond acceptors (Lipinski definition) is 10. The van der Waals surface area contributed by atoms with E-state index in [4.69, 9.17) is 42.9 Å². The number of methoxy groups -OCH3 is 3. The molecule has 0 radical (unpaired) electrons. The van der Waals surface area contributed by atoms with Crippen molar-refractivity contribution in [3.8, 4) is 17.2 Å². The first-order chi connectivity index (χ1) is 49.0. The Morgan fingerprint density at radius 3 is 1.20 bits per heavy atom. The Bertz CT molecular complexity index is 4610. The third-order valence-electron chi connectivity index (χ3n) is 20.0. The van der Waals surface area contributed by atoms with Crippen LogP contribution in [0.1, 0.15) is 89.1 Å². The van der Waals surface area contributed by atoms with Crippen molar-refractivity contribution in [1.29, 1.82) is 0 Å². The van der Waals surface area contributed by atoms with Gasteiger partial charge in [0.2, 0.25) is 0 Å². The van der Waals surface area contributed by atoms with Crippen LogP contribution in [0.2, 0.25) is 5.04 Å². The molecule has 0 aliphatic carbocycles. The van der Waals surface area contributed by atoms with Crippen LogP contribution in [0, 0.1) is 0 Å². The van der Waals surface area contributed by atoms with Crippen molar-refractivity contribution in [3.63, 3.8) is 0 Å². The number of ether oxygens (including phenoxy) is 6. The summed E-state index contributed by atoms with van der Waals surface area (Å²) in [5, 5.41) is 11.1. The molecule has 1 aliphatic heterocycles. The summed E-state index contributed by atoms with van der Waals surface area (Å²) in [5.74, 6) is 2.78. The van der Waals surface area contributed by atoms with Gasteiger partial charge < -0.3 is 38.2 Å². The van der Waals surface area contributed by atoms with Crippen LogP contribution in [0.3, 0.4) is 0 Å². The Labute approximate surface area is 587 Å². The Kier molecular flexibility index (Phi) is 19.0. The van der Waals surface area contributed by atoms with E-state index < -0.39 is 47.9 Å². The van der Waals surface area contributed by atoms with E-state index in [9.17, 15) is 0 Å². The fourth-order valence-electron chi connectivity index (χ4n) is 15.1. The molecule has 1 fully saturated rings. The number of fused-ring (bicyclic) bond motifs is 1. The van der Waals surface area contributed by atoms with E-state index in [1.807, 2.05) is 77.3 Å². The summed E-state index contributed by atoms with van der Waals surface area (Å²) in [7, 11) is 1.63. The Balaban J connectivity index is 1.02. The van der Waals surface area contributed by atoms with Crippen molar-refractivity contribution < 1.29 is 32.8 Å². The van der Waals surface area contributed by atoms with Gasteiger partial charge in [0.15, 0.2) is 5.82 Å². The molecular weight excluding hydrogens is 1250 g/mol. The molecule has 0 spiro atoms. The van der Waals surface area contributed by atoms with Crippen LogP contribution in [-0.2, 0) is 35.4 Å². The minimum absolute atomic E-state index is 0.00954. The number of hydrogen-bond donors (Lipinski definition) is 1. The van der Waals surface area contributed by atoms with Gasteiger partial charge in [-0.25, -0.2) is 9.50 Å².